The van der Waals surface area contributed by atoms with Crippen molar-refractivity contribution < 1.29 is 24.3 Å². The molecule has 0 bridgehead atoms. The lowest BCUT2D eigenvalue weighted by Gasteiger charge is -2.24. The van der Waals surface area contributed by atoms with E-state index in [1.165, 1.54) is 6.42 Å². The van der Waals surface area contributed by atoms with Crippen LogP contribution in [-0.4, -0.2) is 59.4 Å². The molecule has 1 saturated heterocycles. The number of likely N-dealkylation sites (tertiary alicyclic amines) is 1. The number of unbranched alkanes of at least 4 members (excludes halogenated alkanes) is 4. The summed E-state index contributed by atoms with van der Waals surface area (Å²) in [5.74, 6) is -2.08. The van der Waals surface area contributed by atoms with Crippen molar-refractivity contribution in [1.29, 1.82) is 0 Å². The van der Waals surface area contributed by atoms with Crippen LogP contribution in [0.3, 0.4) is 0 Å². The summed E-state index contributed by atoms with van der Waals surface area (Å²) in [4.78, 5) is 47.9. The maximum absolute atomic E-state index is 12.3. The van der Waals surface area contributed by atoms with E-state index in [2.05, 4.69) is 17.6 Å². The molecule has 8 nitrogen and oxygen atoms in total. The summed E-state index contributed by atoms with van der Waals surface area (Å²) in [6.07, 6.45) is 7.12. The number of carboxylic acid groups (broad SMARTS) is 1. The third-order valence-corrected chi connectivity index (χ3v) is 4.23. The molecule has 3 amide bonds. The second-order valence-electron chi connectivity index (χ2n) is 6.30. The Balaban J connectivity index is 2.35. The molecule has 3 N–H and O–H groups in total. The van der Waals surface area contributed by atoms with Crippen LogP contribution >= 0.6 is 0 Å². The lowest BCUT2D eigenvalue weighted by Crippen LogP contribution is -2.48. The molecule has 1 unspecified atom stereocenters. The molecule has 0 spiro atoms. The number of nitrogens with one attached hydrogen (secondary N) is 2. The van der Waals surface area contributed by atoms with Crippen molar-refractivity contribution in [2.45, 2.75) is 64.3 Å². The molecule has 1 atom stereocenters. The highest BCUT2D eigenvalue weighted by Crippen LogP contribution is 2.19. The van der Waals surface area contributed by atoms with Crippen molar-refractivity contribution in [3.63, 3.8) is 0 Å². The van der Waals surface area contributed by atoms with E-state index >= 15 is 0 Å². The van der Waals surface area contributed by atoms with E-state index in [4.69, 9.17) is 5.11 Å². The van der Waals surface area contributed by atoms with Crippen LogP contribution in [0.25, 0.3) is 0 Å². The molecule has 0 aliphatic carbocycles. The summed E-state index contributed by atoms with van der Waals surface area (Å²) in [6.45, 7) is 1.93. The van der Waals surface area contributed by atoms with Crippen LogP contribution in [0.15, 0.2) is 0 Å². The van der Waals surface area contributed by atoms with Crippen molar-refractivity contribution in [3.8, 4) is 0 Å². The van der Waals surface area contributed by atoms with E-state index in [0.717, 1.165) is 32.1 Å². The molecule has 1 rings (SSSR count). The van der Waals surface area contributed by atoms with Crippen LogP contribution in [0.2, 0.25) is 0 Å². The van der Waals surface area contributed by atoms with Crippen LogP contribution in [0, 0.1) is 0 Å². The summed E-state index contributed by atoms with van der Waals surface area (Å²) < 4.78 is 0. The molecule has 0 saturated carbocycles. The Morgan fingerprint density at radius 1 is 1.04 bits per heavy atom. The zero-order valence-corrected chi connectivity index (χ0v) is 14.9. The monoisotopic (exact) mass is 355 g/mol. The zero-order chi connectivity index (χ0) is 18.7. The molecule has 1 heterocycles. The van der Waals surface area contributed by atoms with Gasteiger partial charge in [-0.1, -0.05) is 32.6 Å². The molecule has 0 aromatic carbocycles. The van der Waals surface area contributed by atoms with Crippen LogP contribution in [-0.2, 0) is 19.2 Å². The Labute approximate surface area is 148 Å². The van der Waals surface area contributed by atoms with Crippen molar-refractivity contribution in [2.75, 3.05) is 19.6 Å². The van der Waals surface area contributed by atoms with Gasteiger partial charge in [0.2, 0.25) is 17.7 Å². The number of rotatable bonds is 11. The van der Waals surface area contributed by atoms with Gasteiger partial charge >= 0.3 is 5.97 Å². The second-order valence-corrected chi connectivity index (χ2v) is 6.30. The molecular formula is C17H29N3O5. The second kappa shape index (κ2) is 11.4. The van der Waals surface area contributed by atoms with Crippen LogP contribution in [0.1, 0.15) is 58.3 Å². The van der Waals surface area contributed by atoms with E-state index in [0.29, 0.717) is 19.4 Å². The first-order valence-corrected chi connectivity index (χ1v) is 9.01. The Bertz CT molecular complexity index is 481. The predicted molar refractivity (Wildman–Crippen MR) is 91.8 cm³/mol. The zero-order valence-electron chi connectivity index (χ0n) is 14.9. The topological polar surface area (TPSA) is 116 Å². The fourth-order valence-corrected chi connectivity index (χ4v) is 2.88. The van der Waals surface area contributed by atoms with Gasteiger partial charge in [-0.2, -0.15) is 0 Å². The van der Waals surface area contributed by atoms with Gasteiger partial charge in [0.25, 0.3) is 0 Å². The summed E-state index contributed by atoms with van der Waals surface area (Å²) in [6, 6.07) is -0.532. The maximum atomic E-state index is 12.3. The molecule has 8 heteroatoms. The third-order valence-electron chi connectivity index (χ3n) is 4.23. The molecule has 0 aromatic heterocycles. The lowest BCUT2D eigenvalue weighted by molar-refractivity contribution is -0.139. The van der Waals surface area contributed by atoms with Gasteiger partial charge in [0.05, 0.1) is 6.54 Å². The largest absolute Gasteiger partial charge is 0.480 e. The van der Waals surface area contributed by atoms with E-state index in [1.54, 1.807) is 4.90 Å². The first-order valence-electron chi connectivity index (χ1n) is 9.01. The Kier molecular flexibility index (Phi) is 9.57. The Morgan fingerprint density at radius 2 is 1.76 bits per heavy atom. The number of aliphatic carboxylic acids is 1. The van der Waals surface area contributed by atoms with Gasteiger partial charge in [-0.3, -0.25) is 19.2 Å². The standard InChI is InChI=1S/C17H29N3O5/c1-2-3-4-5-6-9-15(22)20-10-7-8-13(20)17(25)19-11-14(21)18-12-16(23)24/h13H,2-12H2,1H3,(H,18,21)(H,19,25)(H,23,24). The SMILES string of the molecule is CCCCCCCC(=O)N1CCCC1C(=O)NCC(=O)NCC(=O)O. The van der Waals surface area contributed by atoms with Crippen LogP contribution in [0.4, 0.5) is 0 Å². The van der Waals surface area contributed by atoms with Gasteiger partial charge < -0.3 is 20.6 Å². The van der Waals surface area contributed by atoms with Crippen molar-refractivity contribution in [2.24, 2.45) is 0 Å². The Morgan fingerprint density at radius 3 is 2.44 bits per heavy atom. The fourth-order valence-electron chi connectivity index (χ4n) is 2.88. The number of hydrogen-bond donors (Lipinski definition) is 3. The molecule has 142 valence electrons. The van der Waals surface area contributed by atoms with Crippen molar-refractivity contribution in [1.82, 2.24) is 15.5 Å². The summed E-state index contributed by atoms with van der Waals surface area (Å²) in [7, 11) is 0. The van der Waals surface area contributed by atoms with Gasteiger partial charge in [0.1, 0.15) is 12.6 Å². The van der Waals surface area contributed by atoms with E-state index in [-0.39, 0.29) is 18.4 Å². The number of nitrogens with zero attached hydrogens (tertiary/aromatic N) is 1. The molecule has 0 aromatic rings. The average molecular weight is 355 g/mol. The summed E-state index contributed by atoms with van der Waals surface area (Å²) in [5.41, 5.74) is 0. The minimum atomic E-state index is -1.15. The first-order chi connectivity index (χ1) is 12.0. The van der Waals surface area contributed by atoms with E-state index < -0.39 is 24.5 Å². The number of carbonyl (C=O) groups excluding carboxylic acids is 3. The number of carbonyl (C=O) groups is 4. The molecule has 25 heavy (non-hydrogen) atoms. The quantitative estimate of drug-likeness (QED) is 0.471. The third kappa shape index (κ3) is 8.00. The minimum Gasteiger partial charge on any atom is -0.480 e. The Hall–Kier alpha value is -2.12. The van der Waals surface area contributed by atoms with Gasteiger partial charge in [-0.05, 0) is 19.3 Å². The van der Waals surface area contributed by atoms with Crippen LogP contribution in [0.5, 0.6) is 0 Å². The average Bonchev–Trinajstić information content (AvgIpc) is 3.07. The lowest BCUT2D eigenvalue weighted by atomic mass is 10.1. The van der Waals surface area contributed by atoms with Crippen molar-refractivity contribution >= 4 is 23.7 Å². The molecule has 1 aliphatic heterocycles. The highest BCUT2D eigenvalue weighted by atomic mass is 16.4. The number of hydrogen-bond acceptors (Lipinski definition) is 4. The smallest absolute Gasteiger partial charge is 0.322 e. The normalized spacial score (nSPS) is 16.5. The molecule has 1 fully saturated rings. The number of amides is 3. The van der Waals surface area contributed by atoms with Crippen molar-refractivity contribution in [3.05, 3.63) is 0 Å². The molecule has 1 aliphatic rings. The highest BCUT2D eigenvalue weighted by molar-refractivity contribution is 5.91. The first kappa shape index (κ1) is 20.9. The van der Waals surface area contributed by atoms with Gasteiger partial charge in [-0.15, -0.1) is 0 Å². The van der Waals surface area contributed by atoms with Crippen LogP contribution < -0.4 is 10.6 Å². The minimum absolute atomic E-state index is 0.00974. The molecular weight excluding hydrogens is 326 g/mol. The number of carboxylic acids is 1. The maximum Gasteiger partial charge on any atom is 0.322 e. The van der Waals surface area contributed by atoms with E-state index in [9.17, 15) is 19.2 Å². The van der Waals surface area contributed by atoms with Gasteiger partial charge in [0.15, 0.2) is 0 Å². The fraction of sp³-hybridized carbons (Fsp3) is 0.765. The van der Waals surface area contributed by atoms with E-state index in [1.807, 2.05) is 0 Å². The van der Waals surface area contributed by atoms with Gasteiger partial charge in [0, 0.05) is 13.0 Å². The molecule has 0 radical (unpaired) electrons. The predicted octanol–water partition coefficient (Wildman–Crippen LogP) is 0.655. The summed E-state index contributed by atoms with van der Waals surface area (Å²) >= 11 is 0. The van der Waals surface area contributed by atoms with Gasteiger partial charge in [-0.25, -0.2) is 0 Å². The highest BCUT2D eigenvalue weighted by Gasteiger charge is 2.33. The summed E-state index contributed by atoms with van der Waals surface area (Å²) in [5, 5.41) is 13.1.